The van der Waals surface area contributed by atoms with Gasteiger partial charge >= 0.3 is 0 Å². The van der Waals surface area contributed by atoms with Crippen molar-refractivity contribution in [3.05, 3.63) is 12.2 Å². The Morgan fingerprint density at radius 3 is 2.53 bits per heavy atom. The van der Waals surface area contributed by atoms with Crippen LogP contribution in [0.1, 0.15) is 33.1 Å². The fraction of sp³-hybridized carbons (Fsp3) is 0.727. The molecular weight excluding hydrogens is 194 g/mol. The third kappa shape index (κ3) is 6.25. The van der Waals surface area contributed by atoms with E-state index in [4.69, 9.17) is 9.57 Å². The van der Waals surface area contributed by atoms with Gasteiger partial charge in [0, 0.05) is 12.2 Å². The monoisotopic (exact) mass is 215 g/mol. The first kappa shape index (κ1) is 14.1. The second-order valence-electron chi connectivity index (χ2n) is 3.39. The summed E-state index contributed by atoms with van der Waals surface area (Å²) < 4.78 is 5.30. The lowest BCUT2D eigenvalue weighted by molar-refractivity contribution is -0.196. The molecule has 0 fully saturated rings. The summed E-state index contributed by atoms with van der Waals surface area (Å²) in [5.74, 6) is -0.243. The summed E-state index contributed by atoms with van der Waals surface area (Å²) in [6.07, 6.45) is 3.30. The van der Waals surface area contributed by atoms with Crippen LogP contribution in [0.3, 0.4) is 0 Å². The molecule has 0 bridgehead atoms. The molecule has 0 aromatic rings. The molecule has 0 radical (unpaired) electrons. The second-order valence-corrected chi connectivity index (χ2v) is 3.39. The molecule has 15 heavy (non-hydrogen) atoms. The largest absolute Gasteiger partial charge is 0.359 e. The van der Waals surface area contributed by atoms with Crippen molar-refractivity contribution < 1.29 is 14.4 Å². The molecule has 1 amide bonds. The van der Waals surface area contributed by atoms with Gasteiger partial charge in [-0.15, -0.1) is 0 Å². The first-order valence-electron chi connectivity index (χ1n) is 5.22. The van der Waals surface area contributed by atoms with Crippen molar-refractivity contribution in [3.63, 3.8) is 0 Å². The summed E-state index contributed by atoms with van der Waals surface area (Å²) in [4.78, 5) is 16.3. The molecule has 4 nitrogen and oxygen atoms in total. The topological polar surface area (TPSA) is 38.8 Å². The fourth-order valence-electron chi connectivity index (χ4n) is 1.01. The summed E-state index contributed by atoms with van der Waals surface area (Å²) >= 11 is 0. The van der Waals surface area contributed by atoms with E-state index in [1.165, 1.54) is 7.11 Å². The molecule has 88 valence electrons. The molecule has 0 rings (SSSR count). The van der Waals surface area contributed by atoms with E-state index in [1.54, 1.807) is 6.92 Å². The Kier molecular flexibility index (Phi) is 7.95. The lowest BCUT2D eigenvalue weighted by Gasteiger charge is -2.19. The van der Waals surface area contributed by atoms with E-state index in [-0.39, 0.29) is 12.6 Å². The van der Waals surface area contributed by atoms with Crippen molar-refractivity contribution in [2.24, 2.45) is 0 Å². The molecule has 0 saturated heterocycles. The number of carbonyl (C=O) groups excluding carboxylic acids is 1. The van der Waals surface area contributed by atoms with Crippen LogP contribution in [-0.4, -0.2) is 31.4 Å². The highest BCUT2D eigenvalue weighted by atomic mass is 16.7. The average molecular weight is 215 g/mol. The molecule has 0 aliphatic rings. The molecule has 0 spiro atoms. The van der Waals surface area contributed by atoms with E-state index in [0.29, 0.717) is 12.2 Å². The predicted molar refractivity (Wildman–Crippen MR) is 59.0 cm³/mol. The Hall–Kier alpha value is -0.870. The van der Waals surface area contributed by atoms with Gasteiger partial charge in [-0.2, -0.15) is 5.06 Å². The molecule has 0 unspecified atom stereocenters. The Balaban J connectivity index is 3.71. The van der Waals surface area contributed by atoms with E-state index in [2.05, 4.69) is 13.5 Å². The number of hydrogen-bond donors (Lipinski definition) is 0. The maximum absolute atomic E-state index is 11.4. The minimum atomic E-state index is -0.243. The minimum absolute atomic E-state index is 0.159. The van der Waals surface area contributed by atoms with Gasteiger partial charge in [-0.25, -0.2) is 0 Å². The lowest BCUT2D eigenvalue weighted by atomic mass is 10.3. The zero-order chi connectivity index (χ0) is 11.7. The standard InChI is InChI=1S/C11H21NO3/c1-5-6-7-8-15-9-12(14-4)11(13)10(2)3/h2,5-9H2,1,3-4H3. The van der Waals surface area contributed by atoms with Crippen LogP contribution in [0.4, 0.5) is 0 Å². The smallest absolute Gasteiger partial charge is 0.274 e. The Bertz CT molecular complexity index is 204. The summed E-state index contributed by atoms with van der Waals surface area (Å²) in [6, 6.07) is 0. The zero-order valence-electron chi connectivity index (χ0n) is 9.91. The van der Waals surface area contributed by atoms with Crippen LogP contribution in [0.15, 0.2) is 12.2 Å². The zero-order valence-corrected chi connectivity index (χ0v) is 9.91. The minimum Gasteiger partial charge on any atom is -0.359 e. The molecule has 0 aromatic heterocycles. The van der Waals surface area contributed by atoms with Gasteiger partial charge in [0.05, 0.1) is 7.11 Å². The van der Waals surface area contributed by atoms with E-state index in [1.807, 2.05) is 0 Å². The third-order valence-corrected chi connectivity index (χ3v) is 1.91. The summed E-state index contributed by atoms with van der Waals surface area (Å²) in [6.45, 7) is 8.14. The van der Waals surface area contributed by atoms with Crippen LogP contribution in [0.5, 0.6) is 0 Å². The maximum atomic E-state index is 11.4. The van der Waals surface area contributed by atoms with Gasteiger partial charge in [0.2, 0.25) is 0 Å². The normalized spacial score (nSPS) is 10.1. The number of unbranched alkanes of at least 4 members (excludes halogenated alkanes) is 2. The van der Waals surface area contributed by atoms with Crippen LogP contribution in [0.25, 0.3) is 0 Å². The predicted octanol–water partition coefficient (Wildman–Crippen LogP) is 2.12. The summed E-state index contributed by atoms with van der Waals surface area (Å²) in [7, 11) is 1.44. The molecular formula is C11H21NO3. The Labute approximate surface area is 91.8 Å². The van der Waals surface area contributed by atoms with Crippen LogP contribution >= 0.6 is 0 Å². The number of hydroxylamine groups is 2. The maximum Gasteiger partial charge on any atom is 0.274 e. The molecule has 0 N–H and O–H groups in total. The Morgan fingerprint density at radius 1 is 1.40 bits per heavy atom. The van der Waals surface area contributed by atoms with Gasteiger partial charge in [0.1, 0.15) is 6.73 Å². The van der Waals surface area contributed by atoms with Gasteiger partial charge in [-0.3, -0.25) is 9.63 Å². The first-order valence-corrected chi connectivity index (χ1v) is 5.22. The molecule has 0 aliphatic heterocycles. The summed E-state index contributed by atoms with van der Waals surface area (Å²) in [5.41, 5.74) is 0.439. The van der Waals surface area contributed by atoms with Crippen molar-refractivity contribution >= 4 is 5.91 Å². The third-order valence-electron chi connectivity index (χ3n) is 1.91. The lowest BCUT2D eigenvalue weighted by Crippen LogP contribution is -2.32. The number of nitrogens with zero attached hydrogens (tertiary/aromatic N) is 1. The van der Waals surface area contributed by atoms with Gasteiger partial charge in [-0.05, 0) is 13.3 Å². The quantitative estimate of drug-likeness (QED) is 0.269. The van der Waals surface area contributed by atoms with Gasteiger partial charge in [0.25, 0.3) is 5.91 Å². The van der Waals surface area contributed by atoms with E-state index < -0.39 is 0 Å². The highest BCUT2D eigenvalue weighted by molar-refractivity contribution is 5.91. The molecule has 0 aromatic carbocycles. The molecule has 0 saturated carbocycles. The van der Waals surface area contributed by atoms with Gasteiger partial charge in [0.15, 0.2) is 0 Å². The van der Waals surface area contributed by atoms with Crippen molar-refractivity contribution in [2.45, 2.75) is 33.1 Å². The number of ether oxygens (including phenoxy) is 1. The van der Waals surface area contributed by atoms with Crippen molar-refractivity contribution in [1.29, 1.82) is 0 Å². The van der Waals surface area contributed by atoms with Crippen molar-refractivity contribution in [2.75, 3.05) is 20.4 Å². The SMILES string of the molecule is C=C(C)C(=O)N(COCCCCC)OC. The Morgan fingerprint density at radius 2 is 2.07 bits per heavy atom. The van der Waals surface area contributed by atoms with Crippen LogP contribution < -0.4 is 0 Å². The number of carbonyl (C=O) groups is 1. The van der Waals surface area contributed by atoms with Gasteiger partial charge < -0.3 is 4.74 Å². The van der Waals surface area contributed by atoms with Crippen molar-refractivity contribution in [1.82, 2.24) is 5.06 Å². The molecule has 0 heterocycles. The molecule has 4 heteroatoms. The summed E-state index contributed by atoms with van der Waals surface area (Å²) in [5, 5.41) is 1.16. The number of hydrogen-bond acceptors (Lipinski definition) is 3. The van der Waals surface area contributed by atoms with Crippen LogP contribution in [0.2, 0.25) is 0 Å². The van der Waals surface area contributed by atoms with Crippen molar-refractivity contribution in [3.8, 4) is 0 Å². The highest BCUT2D eigenvalue weighted by Crippen LogP contribution is 2.00. The molecule has 0 aliphatic carbocycles. The van der Waals surface area contributed by atoms with E-state index in [9.17, 15) is 4.79 Å². The number of rotatable bonds is 8. The number of amides is 1. The average Bonchev–Trinajstić information content (AvgIpc) is 2.22. The van der Waals surface area contributed by atoms with E-state index >= 15 is 0 Å². The first-order chi connectivity index (χ1) is 7.13. The fourth-order valence-corrected chi connectivity index (χ4v) is 1.01. The second kappa shape index (κ2) is 8.44. The van der Waals surface area contributed by atoms with Crippen LogP contribution in [-0.2, 0) is 14.4 Å². The van der Waals surface area contributed by atoms with Gasteiger partial charge in [-0.1, -0.05) is 26.3 Å². The van der Waals surface area contributed by atoms with E-state index in [0.717, 1.165) is 24.3 Å². The highest BCUT2D eigenvalue weighted by Gasteiger charge is 2.13. The van der Waals surface area contributed by atoms with Crippen LogP contribution in [0, 0.1) is 0 Å². The molecule has 0 atom stereocenters.